The van der Waals surface area contributed by atoms with Gasteiger partial charge in [-0.25, -0.2) is 0 Å². The lowest BCUT2D eigenvalue weighted by Crippen LogP contribution is -2.40. The molecule has 0 aromatic rings. The first kappa shape index (κ1) is 9.49. The van der Waals surface area contributed by atoms with Crippen LogP contribution < -0.4 is 5.32 Å². The fraction of sp³-hybridized carbons (Fsp3) is 1.00. The van der Waals surface area contributed by atoms with Crippen LogP contribution in [-0.2, 0) is 0 Å². The second kappa shape index (κ2) is 4.43. The minimum Gasteiger partial charge on any atom is -0.308 e. The normalized spacial score (nSPS) is 30.3. The van der Waals surface area contributed by atoms with Gasteiger partial charge in [0.05, 0.1) is 4.95 Å². The zero-order chi connectivity index (χ0) is 8.27. The van der Waals surface area contributed by atoms with E-state index in [0.29, 0.717) is 4.95 Å². The van der Waals surface area contributed by atoms with E-state index >= 15 is 0 Å². The van der Waals surface area contributed by atoms with E-state index < -0.39 is 0 Å². The van der Waals surface area contributed by atoms with Crippen molar-refractivity contribution in [3.63, 3.8) is 0 Å². The molecule has 1 rings (SSSR count). The molecular formula is C8H17BrN2. The van der Waals surface area contributed by atoms with Crippen molar-refractivity contribution in [2.45, 2.75) is 17.8 Å². The Morgan fingerprint density at radius 2 is 2.36 bits per heavy atom. The summed E-state index contributed by atoms with van der Waals surface area (Å²) in [5.41, 5.74) is 0. The molecule has 11 heavy (non-hydrogen) atoms. The molecule has 66 valence electrons. The van der Waals surface area contributed by atoms with E-state index in [1.54, 1.807) is 0 Å². The van der Waals surface area contributed by atoms with Crippen molar-refractivity contribution in [3.8, 4) is 0 Å². The van der Waals surface area contributed by atoms with Gasteiger partial charge in [0.15, 0.2) is 0 Å². The summed E-state index contributed by atoms with van der Waals surface area (Å²) in [6.07, 6.45) is 2.69. The number of nitrogens with one attached hydrogen (secondary N) is 1. The lowest BCUT2D eigenvalue weighted by Gasteiger charge is -2.32. The van der Waals surface area contributed by atoms with Crippen molar-refractivity contribution in [3.05, 3.63) is 0 Å². The molecule has 0 bridgehead atoms. The molecule has 1 saturated heterocycles. The van der Waals surface area contributed by atoms with Gasteiger partial charge < -0.3 is 10.2 Å². The summed E-state index contributed by atoms with van der Waals surface area (Å²) < 4.78 is 0. The van der Waals surface area contributed by atoms with E-state index in [-0.39, 0.29) is 0 Å². The molecule has 2 unspecified atom stereocenters. The maximum Gasteiger partial charge on any atom is 0.0669 e. The number of nitrogens with zero attached hydrogens (tertiary/aromatic N) is 1. The van der Waals surface area contributed by atoms with Crippen LogP contribution in [0.1, 0.15) is 12.8 Å². The monoisotopic (exact) mass is 220 g/mol. The van der Waals surface area contributed by atoms with Gasteiger partial charge in [-0.2, -0.15) is 0 Å². The van der Waals surface area contributed by atoms with Gasteiger partial charge in [0.25, 0.3) is 0 Å². The third-order valence-electron chi connectivity index (χ3n) is 2.35. The largest absolute Gasteiger partial charge is 0.308 e. The molecule has 0 aromatic carbocycles. The highest BCUT2D eigenvalue weighted by atomic mass is 79.9. The summed E-state index contributed by atoms with van der Waals surface area (Å²) in [7, 11) is 4.20. The van der Waals surface area contributed by atoms with Gasteiger partial charge in [0, 0.05) is 6.54 Å². The Morgan fingerprint density at radius 3 is 2.91 bits per heavy atom. The zero-order valence-corrected chi connectivity index (χ0v) is 8.89. The van der Waals surface area contributed by atoms with Gasteiger partial charge in [-0.3, -0.25) is 0 Å². The topological polar surface area (TPSA) is 15.3 Å². The van der Waals surface area contributed by atoms with Crippen LogP contribution in [0.15, 0.2) is 0 Å². The predicted molar refractivity (Wildman–Crippen MR) is 52.0 cm³/mol. The van der Waals surface area contributed by atoms with Crippen molar-refractivity contribution >= 4 is 15.9 Å². The first-order chi connectivity index (χ1) is 5.24. The average molecular weight is 221 g/mol. The molecule has 1 heterocycles. The SMILES string of the molecule is CNC(Br)C1CCCN(C)C1. The minimum atomic E-state index is 0.491. The lowest BCUT2D eigenvalue weighted by atomic mass is 9.98. The molecule has 1 fully saturated rings. The molecule has 0 spiro atoms. The van der Waals surface area contributed by atoms with Gasteiger partial charge >= 0.3 is 0 Å². The summed E-state index contributed by atoms with van der Waals surface area (Å²) >= 11 is 3.63. The third kappa shape index (κ3) is 2.73. The molecule has 1 aliphatic heterocycles. The number of hydrogen-bond acceptors (Lipinski definition) is 2. The fourth-order valence-corrected chi connectivity index (χ4v) is 2.11. The molecule has 0 amide bonds. The van der Waals surface area contributed by atoms with Crippen LogP contribution in [0.2, 0.25) is 0 Å². The first-order valence-electron chi connectivity index (χ1n) is 4.24. The first-order valence-corrected chi connectivity index (χ1v) is 5.15. The minimum absolute atomic E-state index is 0.491. The quantitative estimate of drug-likeness (QED) is 0.558. The Bertz CT molecular complexity index is 119. The van der Waals surface area contributed by atoms with E-state index in [4.69, 9.17) is 0 Å². The van der Waals surface area contributed by atoms with Crippen LogP contribution in [0.4, 0.5) is 0 Å². The fourth-order valence-electron chi connectivity index (χ4n) is 1.68. The summed E-state index contributed by atoms with van der Waals surface area (Å²) in [6.45, 7) is 2.48. The molecule has 0 radical (unpaired) electrons. The molecule has 3 heteroatoms. The van der Waals surface area contributed by atoms with Crippen molar-refractivity contribution in [2.24, 2.45) is 5.92 Å². The zero-order valence-electron chi connectivity index (χ0n) is 7.31. The molecule has 0 aliphatic carbocycles. The van der Waals surface area contributed by atoms with Crippen LogP contribution in [0.3, 0.4) is 0 Å². The second-order valence-electron chi connectivity index (χ2n) is 3.35. The van der Waals surface area contributed by atoms with Crippen LogP contribution >= 0.6 is 15.9 Å². The Kier molecular flexibility index (Phi) is 3.82. The van der Waals surface area contributed by atoms with Crippen LogP contribution in [0.25, 0.3) is 0 Å². The van der Waals surface area contributed by atoms with Gasteiger partial charge in [-0.1, -0.05) is 15.9 Å². The van der Waals surface area contributed by atoms with Crippen molar-refractivity contribution in [1.29, 1.82) is 0 Å². The highest BCUT2D eigenvalue weighted by Crippen LogP contribution is 2.21. The highest BCUT2D eigenvalue weighted by Gasteiger charge is 2.22. The van der Waals surface area contributed by atoms with E-state index in [9.17, 15) is 0 Å². The van der Waals surface area contributed by atoms with Crippen LogP contribution in [0.5, 0.6) is 0 Å². The highest BCUT2D eigenvalue weighted by molar-refractivity contribution is 9.09. The molecule has 2 atom stereocenters. The van der Waals surface area contributed by atoms with Gasteiger partial charge in [-0.15, -0.1) is 0 Å². The summed E-state index contributed by atoms with van der Waals surface area (Å²) in [4.78, 5) is 2.89. The molecule has 2 nitrogen and oxygen atoms in total. The van der Waals surface area contributed by atoms with Crippen molar-refractivity contribution < 1.29 is 0 Å². The Labute approximate surface area is 77.5 Å². The molecule has 0 saturated carbocycles. The smallest absolute Gasteiger partial charge is 0.0669 e. The van der Waals surface area contributed by atoms with Crippen molar-refractivity contribution in [1.82, 2.24) is 10.2 Å². The third-order valence-corrected chi connectivity index (χ3v) is 3.56. The second-order valence-corrected chi connectivity index (χ2v) is 4.34. The number of piperidine rings is 1. The number of halogens is 1. The van der Waals surface area contributed by atoms with Crippen LogP contribution in [0, 0.1) is 5.92 Å². The van der Waals surface area contributed by atoms with E-state index in [1.165, 1.54) is 25.9 Å². The Hall–Kier alpha value is 0.400. The van der Waals surface area contributed by atoms with Crippen LogP contribution in [-0.4, -0.2) is 37.0 Å². The molecular weight excluding hydrogens is 204 g/mol. The Balaban J connectivity index is 2.33. The lowest BCUT2D eigenvalue weighted by molar-refractivity contribution is 0.202. The maximum atomic E-state index is 3.63. The maximum absolute atomic E-state index is 3.63. The number of alkyl halides is 1. The van der Waals surface area contributed by atoms with E-state index in [2.05, 4.69) is 33.2 Å². The molecule has 1 N–H and O–H groups in total. The summed E-state index contributed by atoms with van der Waals surface area (Å²) in [5.74, 6) is 0.777. The van der Waals surface area contributed by atoms with Crippen molar-refractivity contribution in [2.75, 3.05) is 27.2 Å². The number of likely N-dealkylation sites (tertiary alicyclic amines) is 1. The Morgan fingerprint density at radius 1 is 1.64 bits per heavy atom. The predicted octanol–water partition coefficient (Wildman–Crippen LogP) is 1.27. The number of rotatable bonds is 2. The van der Waals surface area contributed by atoms with Gasteiger partial charge in [0.1, 0.15) is 0 Å². The average Bonchev–Trinajstić information content (AvgIpc) is 2.03. The summed E-state index contributed by atoms with van der Waals surface area (Å²) in [5, 5.41) is 3.25. The summed E-state index contributed by atoms with van der Waals surface area (Å²) in [6, 6.07) is 0. The van der Waals surface area contributed by atoms with Gasteiger partial charge in [0.2, 0.25) is 0 Å². The standard InChI is InChI=1S/C8H17BrN2/c1-10-8(9)7-4-3-5-11(2)6-7/h7-8,10H,3-6H2,1-2H3. The molecule has 1 aliphatic rings. The van der Waals surface area contributed by atoms with E-state index in [0.717, 1.165) is 5.92 Å². The van der Waals surface area contributed by atoms with E-state index in [1.807, 2.05) is 7.05 Å². The molecule has 0 aromatic heterocycles. The van der Waals surface area contributed by atoms with Gasteiger partial charge in [-0.05, 0) is 39.4 Å². The number of hydrogen-bond donors (Lipinski definition) is 1.